The zero-order valence-corrected chi connectivity index (χ0v) is 16.9. The molecule has 4 rings (SSSR count). The Morgan fingerprint density at radius 1 is 1.00 bits per heavy atom. The lowest BCUT2D eigenvalue weighted by molar-refractivity contribution is -0.137. The molecular formula is C21H24N2O5S. The maximum absolute atomic E-state index is 13.1. The van der Waals surface area contributed by atoms with Crippen LogP contribution in [0.4, 0.5) is 5.69 Å². The number of fused-ring (bicyclic) bond motifs is 1. The van der Waals surface area contributed by atoms with Crippen molar-refractivity contribution in [3.8, 4) is 5.75 Å². The van der Waals surface area contributed by atoms with Gasteiger partial charge in [0.1, 0.15) is 5.75 Å². The first-order chi connectivity index (χ1) is 14.1. The van der Waals surface area contributed by atoms with Crippen molar-refractivity contribution in [2.24, 2.45) is 0 Å². The Balaban J connectivity index is 1.44. The highest BCUT2D eigenvalue weighted by atomic mass is 32.2. The number of amides is 1. The summed E-state index contributed by atoms with van der Waals surface area (Å²) in [6, 6.07) is 13.8. The Bertz CT molecular complexity index is 969. The van der Waals surface area contributed by atoms with Gasteiger partial charge in [0, 0.05) is 19.6 Å². The van der Waals surface area contributed by atoms with E-state index in [0.717, 1.165) is 24.1 Å². The van der Waals surface area contributed by atoms with Crippen molar-refractivity contribution in [2.45, 2.75) is 17.7 Å². The molecule has 1 amide bonds. The van der Waals surface area contributed by atoms with E-state index >= 15 is 0 Å². The molecule has 0 radical (unpaired) electrons. The summed E-state index contributed by atoms with van der Waals surface area (Å²) in [5.74, 6) is 0.361. The smallest absolute Gasteiger partial charge is 0.264 e. The van der Waals surface area contributed by atoms with Crippen molar-refractivity contribution in [1.82, 2.24) is 4.90 Å². The molecule has 0 atom stereocenters. The lowest BCUT2D eigenvalue weighted by Crippen LogP contribution is -2.42. The standard InChI is InChI=1S/C21H24N2O5S/c24-21(22-12-14-27-15-13-22)16-28-18-7-9-19(10-8-18)29(25,26)23-11-3-5-17-4-1-2-6-20(17)23/h1-2,4,6-10H,3,5,11-16H2. The normalized spacial score (nSPS) is 17.0. The second-order valence-corrected chi connectivity index (χ2v) is 8.92. The highest BCUT2D eigenvalue weighted by molar-refractivity contribution is 7.92. The Labute approximate surface area is 170 Å². The fourth-order valence-corrected chi connectivity index (χ4v) is 5.17. The van der Waals surface area contributed by atoms with E-state index in [9.17, 15) is 13.2 Å². The molecule has 1 fully saturated rings. The lowest BCUT2D eigenvalue weighted by Gasteiger charge is -2.30. The molecule has 2 aliphatic heterocycles. The summed E-state index contributed by atoms with van der Waals surface area (Å²) < 4.78 is 38.6. The molecule has 2 heterocycles. The number of para-hydroxylation sites is 1. The maximum Gasteiger partial charge on any atom is 0.264 e. The number of rotatable bonds is 5. The molecule has 0 bridgehead atoms. The van der Waals surface area contributed by atoms with E-state index in [1.807, 2.05) is 24.3 Å². The zero-order valence-electron chi connectivity index (χ0n) is 16.1. The second-order valence-electron chi connectivity index (χ2n) is 7.06. The highest BCUT2D eigenvalue weighted by Gasteiger charge is 2.28. The van der Waals surface area contributed by atoms with Crippen LogP contribution < -0.4 is 9.04 Å². The Hall–Kier alpha value is -2.58. The number of hydrogen-bond donors (Lipinski definition) is 0. The first-order valence-corrected chi connectivity index (χ1v) is 11.2. The first-order valence-electron chi connectivity index (χ1n) is 9.75. The summed E-state index contributed by atoms with van der Waals surface area (Å²) in [7, 11) is -3.65. The molecule has 0 N–H and O–H groups in total. The fraction of sp³-hybridized carbons (Fsp3) is 0.381. The molecule has 0 unspecified atom stereocenters. The van der Waals surface area contributed by atoms with E-state index in [0.29, 0.717) is 38.6 Å². The van der Waals surface area contributed by atoms with Gasteiger partial charge in [-0.2, -0.15) is 0 Å². The SMILES string of the molecule is O=C(COc1ccc(S(=O)(=O)N2CCCc3ccccc32)cc1)N1CCOCC1. The molecule has 8 heteroatoms. The Morgan fingerprint density at radius 2 is 1.72 bits per heavy atom. The van der Waals surface area contributed by atoms with Gasteiger partial charge in [-0.15, -0.1) is 0 Å². The molecule has 7 nitrogen and oxygen atoms in total. The summed E-state index contributed by atoms with van der Waals surface area (Å²) in [6.07, 6.45) is 1.67. The third-order valence-corrected chi connectivity index (χ3v) is 7.03. The molecule has 1 saturated heterocycles. The molecule has 0 saturated carbocycles. The van der Waals surface area contributed by atoms with E-state index in [4.69, 9.17) is 9.47 Å². The van der Waals surface area contributed by atoms with Gasteiger partial charge in [-0.25, -0.2) is 8.42 Å². The average molecular weight is 416 g/mol. The molecule has 2 aliphatic rings. The van der Waals surface area contributed by atoms with Crippen LogP contribution in [0.15, 0.2) is 53.4 Å². The number of anilines is 1. The van der Waals surface area contributed by atoms with Crippen LogP contribution in [-0.4, -0.2) is 58.7 Å². The molecule has 2 aromatic rings. The minimum Gasteiger partial charge on any atom is -0.484 e. The molecule has 2 aromatic carbocycles. The third kappa shape index (κ3) is 4.23. The van der Waals surface area contributed by atoms with Crippen molar-refractivity contribution in [1.29, 1.82) is 0 Å². The van der Waals surface area contributed by atoms with Crippen molar-refractivity contribution in [3.05, 3.63) is 54.1 Å². The summed E-state index contributed by atoms with van der Waals surface area (Å²) >= 11 is 0. The number of benzene rings is 2. The van der Waals surface area contributed by atoms with E-state index in [-0.39, 0.29) is 17.4 Å². The zero-order chi connectivity index (χ0) is 20.3. The molecular weight excluding hydrogens is 392 g/mol. The number of carbonyl (C=O) groups excluding carboxylic acids is 1. The van der Waals surface area contributed by atoms with Crippen LogP contribution in [0.25, 0.3) is 0 Å². The number of ether oxygens (including phenoxy) is 2. The fourth-order valence-electron chi connectivity index (χ4n) is 3.63. The third-order valence-electron chi connectivity index (χ3n) is 5.21. The largest absolute Gasteiger partial charge is 0.484 e. The predicted octanol–water partition coefficient (Wildman–Crippen LogP) is 2.07. The Kier molecular flexibility index (Phi) is 5.73. The number of carbonyl (C=O) groups is 1. The topological polar surface area (TPSA) is 76.2 Å². The molecule has 29 heavy (non-hydrogen) atoms. The van der Waals surface area contributed by atoms with Gasteiger partial charge in [-0.3, -0.25) is 9.10 Å². The summed E-state index contributed by atoms with van der Waals surface area (Å²) in [5, 5.41) is 0. The molecule has 0 aromatic heterocycles. The van der Waals surface area contributed by atoms with E-state index in [1.165, 1.54) is 16.4 Å². The van der Waals surface area contributed by atoms with Gasteiger partial charge < -0.3 is 14.4 Å². The van der Waals surface area contributed by atoms with Gasteiger partial charge in [-0.05, 0) is 48.7 Å². The van der Waals surface area contributed by atoms with Crippen LogP contribution in [0.3, 0.4) is 0 Å². The van der Waals surface area contributed by atoms with Crippen LogP contribution in [-0.2, 0) is 26.0 Å². The van der Waals surface area contributed by atoms with Crippen LogP contribution in [0.2, 0.25) is 0 Å². The number of sulfonamides is 1. The molecule has 0 spiro atoms. The van der Waals surface area contributed by atoms with Gasteiger partial charge >= 0.3 is 0 Å². The van der Waals surface area contributed by atoms with Crippen molar-refractivity contribution >= 4 is 21.6 Å². The van der Waals surface area contributed by atoms with Gasteiger partial charge in [0.15, 0.2) is 6.61 Å². The van der Waals surface area contributed by atoms with Crippen LogP contribution in [0.5, 0.6) is 5.75 Å². The van der Waals surface area contributed by atoms with Crippen LogP contribution >= 0.6 is 0 Å². The van der Waals surface area contributed by atoms with Gasteiger partial charge in [0.25, 0.3) is 15.9 Å². The van der Waals surface area contributed by atoms with E-state index in [1.54, 1.807) is 17.0 Å². The van der Waals surface area contributed by atoms with E-state index in [2.05, 4.69) is 0 Å². The van der Waals surface area contributed by atoms with E-state index < -0.39 is 10.0 Å². The highest BCUT2D eigenvalue weighted by Crippen LogP contribution is 2.32. The maximum atomic E-state index is 13.1. The summed E-state index contributed by atoms with van der Waals surface area (Å²) in [5.41, 5.74) is 1.79. The van der Waals surface area contributed by atoms with Crippen molar-refractivity contribution in [3.63, 3.8) is 0 Å². The van der Waals surface area contributed by atoms with Crippen molar-refractivity contribution < 1.29 is 22.7 Å². The Morgan fingerprint density at radius 3 is 2.48 bits per heavy atom. The lowest BCUT2D eigenvalue weighted by atomic mass is 10.0. The van der Waals surface area contributed by atoms with Gasteiger partial charge in [0.05, 0.1) is 23.8 Å². The van der Waals surface area contributed by atoms with Gasteiger partial charge in [0.2, 0.25) is 0 Å². The van der Waals surface area contributed by atoms with Crippen LogP contribution in [0.1, 0.15) is 12.0 Å². The quantitative estimate of drug-likeness (QED) is 0.746. The summed E-state index contributed by atoms with van der Waals surface area (Å²) in [4.78, 5) is 14.1. The average Bonchev–Trinajstić information content (AvgIpc) is 2.78. The van der Waals surface area contributed by atoms with Crippen molar-refractivity contribution in [2.75, 3.05) is 43.8 Å². The number of aryl methyl sites for hydroxylation is 1. The molecule has 0 aliphatic carbocycles. The first kappa shape index (κ1) is 19.7. The molecule has 154 valence electrons. The van der Waals surface area contributed by atoms with Gasteiger partial charge in [-0.1, -0.05) is 18.2 Å². The number of hydrogen-bond acceptors (Lipinski definition) is 5. The van der Waals surface area contributed by atoms with Crippen LogP contribution in [0, 0.1) is 0 Å². The monoisotopic (exact) mass is 416 g/mol. The minimum absolute atomic E-state index is 0.0778. The minimum atomic E-state index is -3.65. The second kappa shape index (κ2) is 8.42. The number of nitrogens with zero attached hydrogens (tertiary/aromatic N) is 2. The number of morpholine rings is 1. The summed E-state index contributed by atoms with van der Waals surface area (Å²) in [6.45, 7) is 2.60. The predicted molar refractivity (Wildman–Crippen MR) is 109 cm³/mol.